The molecular weight excluding hydrogens is 257 g/mol. The maximum atomic E-state index is 13.1. The number of hydrogen-bond donors (Lipinski definition) is 2. The standard InChI is InChI=1S/C12H13ClFN3O/c13-11-10(4-15-16-12(11)18)17-5-7-1-2-9(14)3-8(7)6-17/h1-3,10-11,15H,4-6H2,(H,16,18). The Morgan fingerprint density at radius 2 is 2.11 bits per heavy atom. The maximum absolute atomic E-state index is 13.1. The summed E-state index contributed by atoms with van der Waals surface area (Å²) in [5, 5.41) is -0.578. The number of fused-ring (bicyclic) bond motifs is 1. The number of halogens is 2. The van der Waals surface area contributed by atoms with E-state index in [9.17, 15) is 9.18 Å². The molecule has 18 heavy (non-hydrogen) atoms. The molecule has 3 rings (SSSR count). The normalized spacial score (nSPS) is 28.0. The number of benzene rings is 1. The fourth-order valence-corrected chi connectivity index (χ4v) is 2.83. The molecule has 2 unspecified atom stereocenters. The average molecular weight is 270 g/mol. The summed E-state index contributed by atoms with van der Waals surface area (Å²) in [6.07, 6.45) is 0. The number of hydrogen-bond acceptors (Lipinski definition) is 3. The van der Waals surface area contributed by atoms with Crippen molar-refractivity contribution >= 4 is 17.5 Å². The van der Waals surface area contributed by atoms with Crippen LogP contribution in [0.2, 0.25) is 0 Å². The van der Waals surface area contributed by atoms with E-state index in [1.807, 2.05) is 0 Å². The summed E-state index contributed by atoms with van der Waals surface area (Å²) in [5.74, 6) is -0.437. The van der Waals surface area contributed by atoms with Gasteiger partial charge >= 0.3 is 0 Å². The summed E-state index contributed by atoms with van der Waals surface area (Å²) >= 11 is 6.12. The van der Waals surface area contributed by atoms with Crippen LogP contribution < -0.4 is 10.9 Å². The molecule has 2 aliphatic heterocycles. The molecule has 2 atom stereocenters. The van der Waals surface area contributed by atoms with Gasteiger partial charge in [0, 0.05) is 25.7 Å². The number of hydrazine groups is 1. The van der Waals surface area contributed by atoms with Crippen molar-refractivity contribution in [3.8, 4) is 0 Å². The van der Waals surface area contributed by atoms with Gasteiger partial charge < -0.3 is 0 Å². The quantitative estimate of drug-likeness (QED) is 0.740. The fourth-order valence-electron chi connectivity index (χ4n) is 2.53. The SMILES string of the molecule is O=C1NNCC(N2Cc3ccc(F)cc3C2)C1Cl. The van der Waals surface area contributed by atoms with Gasteiger partial charge in [-0.2, -0.15) is 0 Å². The number of amides is 1. The zero-order valence-corrected chi connectivity index (χ0v) is 10.4. The van der Waals surface area contributed by atoms with Crippen LogP contribution in [0.25, 0.3) is 0 Å². The van der Waals surface area contributed by atoms with Crippen molar-refractivity contribution in [1.29, 1.82) is 0 Å². The molecular formula is C12H13ClFN3O. The molecule has 1 amide bonds. The molecule has 4 nitrogen and oxygen atoms in total. The van der Waals surface area contributed by atoms with Crippen LogP contribution in [0.1, 0.15) is 11.1 Å². The third-order valence-corrected chi connectivity index (χ3v) is 3.98. The van der Waals surface area contributed by atoms with Crippen molar-refractivity contribution in [2.45, 2.75) is 24.5 Å². The van der Waals surface area contributed by atoms with E-state index in [0.717, 1.165) is 11.1 Å². The van der Waals surface area contributed by atoms with Crippen LogP contribution >= 0.6 is 11.6 Å². The first-order valence-electron chi connectivity index (χ1n) is 5.83. The Morgan fingerprint density at radius 1 is 1.33 bits per heavy atom. The molecule has 0 radical (unpaired) electrons. The van der Waals surface area contributed by atoms with Gasteiger partial charge in [0.25, 0.3) is 5.91 Å². The van der Waals surface area contributed by atoms with Crippen LogP contribution in [0.3, 0.4) is 0 Å². The van der Waals surface area contributed by atoms with Crippen LogP contribution in [0.5, 0.6) is 0 Å². The third-order valence-electron chi connectivity index (χ3n) is 3.50. The van der Waals surface area contributed by atoms with Gasteiger partial charge in [-0.3, -0.25) is 15.1 Å². The summed E-state index contributed by atoms with van der Waals surface area (Å²) in [6.45, 7) is 1.94. The second kappa shape index (κ2) is 4.50. The highest BCUT2D eigenvalue weighted by atomic mass is 35.5. The van der Waals surface area contributed by atoms with Crippen molar-refractivity contribution in [3.63, 3.8) is 0 Å². The van der Waals surface area contributed by atoms with Crippen LogP contribution in [-0.2, 0) is 17.9 Å². The Balaban J connectivity index is 1.79. The average Bonchev–Trinajstić information content (AvgIpc) is 2.75. The number of alkyl halides is 1. The lowest BCUT2D eigenvalue weighted by Gasteiger charge is -2.34. The topological polar surface area (TPSA) is 44.4 Å². The maximum Gasteiger partial charge on any atom is 0.253 e. The van der Waals surface area contributed by atoms with Crippen LogP contribution in [0, 0.1) is 5.82 Å². The van der Waals surface area contributed by atoms with Gasteiger partial charge in [0.1, 0.15) is 11.2 Å². The first-order valence-corrected chi connectivity index (χ1v) is 6.27. The van der Waals surface area contributed by atoms with Crippen LogP contribution in [-0.4, -0.2) is 28.8 Å². The van der Waals surface area contributed by atoms with Crippen molar-refractivity contribution in [1.82, 2.24) is 15.8 Å². The van der Waals surface area contributed by atoms with Crippen LogP contribution in [0.4, 0.5) is 4.39 Å². The van der Waals surface area contributed by atoms with Gasteiger partial charge in [-0.05, 0) is 23.3 Å². The van der Waals surface area contributed by atoms with Crippen LogP contribution in [0.15, 0.2) is 18.2 Å². The minimum absolute atomic E-state index is 0.0733. The molecule has 0 saturated carbocycles. The summed E-state index contributed by atoms with van der Waals surface area (Å²) in [4.78, 5) is 13.6. The molecule has 0 aliphatic carbocycles. The minimum atomic E-state index is -0.578. The monoisotopic (exact) mass is 269 g/mol. The fraction of sp³-hybridized carbons (Fsp3) is 0.417. The Labute approximate surface area is 109 Å². The van der Waals surface area contributed by atoms with Gasteiger partial charge in [0.15, 0.2) is 0 Å². The van der Waals surface area contributed by atoms with E-state index in [2.05, 4.69) is 15.8 Å². The largest absolute Gasteiger partial charge is 0.290 e. The summed E-state index contributed by atoms with van der Waals surface area (Å²) in [5.41, 5.74) is 7.42. The lowest BCUT2D eigenvalue weighted by atomic mass is 10.1. The molecule has 96 valence electrons. The summed E-state index contributed by atoms with van der Waals surface area (Å²) < 4.78 is 13.1. The molecule has 6 heteroatoms. The number of rotatable bonds is 1. The molecule has 2 heterocycles. The highest BCUT2D eigenvalue weighted by Gasteiger charge is 2.36. The van der Waals surface area contributed by atoms with E-state index in [1.165, 1.54) is 6.07 Å². The molecule has 1 aromatic carbocycles. The third kappa shape index (κ3) is 1.98. The molecule has 2 aliphatic rings. The number of carbonyl (C=O) groups is 1. The Hall–Kier alpha value is -1.17. The number of carbonyl (C=O) groups excluding carboxylic acids is 1. The Morgan fingerprint density at radius 3 is 2.94 bits per heavy atom. The van der Waals surface area contributed by atoms with E-state index in [1.54, 1.807) is 12.1 Å². The van der Waals surface area contributed by atoms with E-state index >= 15 is 0 Å². The zero-order chi connectivity index (χ0) is 12.7. The second-order valence-corrected chi connectivity index (χ2v) is 5.13. The van der Waals surface area contributed by atoms with E-state index < -0.39 is 5.38 Å². The lowest BCUT2D eigenvalue weighted by molar-refractivity contribution is -0.124. The summed E-state index contributed by atoms with van der Waals surface area (Å²) in [7, 11) is 0. The first-order chi connectivity index (χ1) is 8.65. The molecule has 1 saturated heterocycles. The van der Waals surface area contributed by atoms with Crippen molar-refractivity contribution in [2.24, 2.45) is 0 Å². The van der Waals surface area contributed by atoms with Crippen molar-refractivity contribution < 1.29 is 9.18 Å². The van der Waals surface area contributed by atoms with Gasteiger partial charge in [-0.1, -0.05) is 6.07 Å². The van der Waals surface area contributed by atoms with E-state index in [0.29, 0.717) is 19.6 Å². The number of nitrogens with one attached hydrogen (secondary N) is 2. The molecule has 0 aromatic heterocycles. The molecule has 2 N–H and O–H groups in total. The highest BCUT2D eigenvalue weighted by molar-refractivity contribution is 6.31. The zero-order valence-electron chi connectivity index (χ0n) is 9.62. The van der Waals surface area contributed by atoms with E-state index in [4.69, 9.17) is 11.6 Å². The van der Waals surface area contributed by atoms with Gasteiger partial charge in [0.2, 0.25) is 0 Å². The molecule has 1 aromatic rings. The number of nitrogens with zero attached hydrogens (tertiary/aromatic N) is 1. The van der Waals surface area contributed by atoms with Crippen molar-refractivity contribution in [2.75, 3.05) is 6.54 Å². The predicted molar refractivity (Wildman–Crippen MR) is 65.2 cm³/mol. The molecule has 0 bridgehead atoms. The Kier molecular flexibility index (Phi) is 2.97. The highest BCUT2D eigenvalue weighted by Crippen LogP contribution is 2.27. The predicted octanol–water partition coefficient (Wildman–Crippen LogP) is 0.752. The molecule has 0 spiro atoms. The minimum Gasteiger partial charge on any atom is -0.290 e. The molecule has 1 fully saturated rings. The smallest absolute Gasteiger partial charge is 0.253 e. The summed E-state index contributed by atoms with van der Waals surface area (Å²) in [6, 6.07) is 4.74. The van der Waals surface area contributed by atoms with Gasteiger partial charge in [0.05, 0.1) is 0 Å². The van der Waals surface area contributed by atoms with Crippen molar-refractivity contribution in [3.05, 3.63) is 35.1 Å². The second-order valence-electron chi connectivity index (χ2n) is 4.66. The van der Waals surface area contributed by atoms with E-state index in [-0.39, 0.29) is 17.8 Å². The lowest BCUT2D eigenvalue weighted by Crippen LogP contribution is -2.60. The Bertz CT molecular complexity index is 496. The van der Waals surface area contributed by atoms with Gasteiger partial charge in [-0.15, -0.1) is 11.6 Å². The first kappa shape index (κ1) is 11.9. The van der Waals surface area contributed by atoms with Gasteiger partial charge in [-0.25, -0.2) is 9.82 Å².